The molecule has 0 bridgehead atoms. The number of hydrogen-bond acceptors (Lipinski definition) is 1. The minimum Gasteiger partial charge on any atom is -0.309 e. The van der Waals surface area contributed by atoms with Crippen LogP contribution in [0.1, 0.15) is 0 Å². The van der Waals surface area contributed by atoms with E-state index in [0.717, 1.165) is 22.7 Å². The predicted molar refractivity (Wildman–Crippen MR) is 247 cm³/mol. The standard InChI is InChI=1S/C56H38N2/c1-2-15-42(16-3-1)48-18-8-11-23-53(48)57(56-37-36-47(49-19-6-7-20-50(49)56)44-27-26-39-14-4-5-17-43(39)38-44)45-32-28-40(29-33-45)41-30-34-46(35-31-41)58-54-24-12-9-21-51(54)52-22-10-13-25-55(52)58/h1-38H. The van der Waals surface area contributed by atoms with E-state index in [2.05, 4.69) is 240 Å². The van der Waals surface area contributed by atoms with E-state index in [9.17, 15) is 0 Å². The van der Waals surface area contributed by atoms with Gasteiger partial charge in [0.25, 0.3) is 0 Å². The van der Waals surface area contributed by atoms with Crippen molar-refractivity contribution in [2.45, 2.75) is 0 Å². The second-order valence-corrected chi connectivity index (χ2v) is 14.9. The molecule has 1 aromatic heterocycles. The predicted octanol–water partition coefficient (Wildman–Crippen LogP) is 15.6. The summed E-state index contributed by atoms with van der Waals surface area (Å²) in [5, 5.41) is 7.45. The highest BCUT2D eigenvalue weighted by Crippen LogP contribution is 2.46. The van der Waals surface area contributed by atoms with Crippen LogP contribution in [0.4, 0.5) is 17.1 Å². The van der Waals surface area contributed by atoms with Crippen LogP contribution >= 0.6 is 0 Å². The van der Waals surface area contributed by atoms with Gasteiger partial charge in [-0.1, -0.05) is 176 Å². The van der Waals surface area contributed by atoms with Crippen molar-refractivity contribution in [3.8, 4) is 39.1 Å². The zero-order chi connectivity index (χ0) is 38.4. The van der Waals surface area contributed by atoms with E-state index in [1.54, 1.807) is 0 Å². The zero-order valence-electron chi connectivity index (χ0n) is 31.8. The first-order chi connectivity index (χ1) is 28.8. The summed E-state index contributed by atoms with van der Waals surface area (Å²) < 4.78 is 2.37. The molecule has 1 heterocycles. The molecule has 0 saturated carbocycles. The molecule has 0 radical (unpaired) electrons. The van der Waals surface area contributed by atoms with Gasteiger partial charge in [-0.3, -0.25) is 0 Å². The summed E-state index contributed by atoms with van der Waals surface area (Å²) in [5.41, 5.74) is 14.1. The Balaban J connectivity index is 1.03. The second kappa shape index (κ2) is 14.1. The largest absolute Gasteiger partial charge is 0.309 e. The van der Waals surface area contributed by atoms with Gasteiger partial charge in [0.05, 0.1) is 22.4 Å². The average Bonchev–Trinajstić information content (AvgIpc) is 3.64. The lowest BCUT2D eigenvalue weighted by Gasteiger charge is -2.29. The Bertz CT molecular complexity index is 3210. The lowest BCUT2D eigenvalue weighted by molar-refractivity contribution is 1.18. The molecule has 0 N–H and O–H groups in total. The van der Waals surface area contributed by atoms with Gasteiger partial charge < -0.3 is 9.47 Å². The van der Waals surface area contributed by atoms with Crippen LogP contribution in [0.25, 0.3) is 82.4 Å². The summed E-state index contributed by atoms with van der Waals surface area (Å²) in [6, 6.07) is 83.7. The normalized spacial score (nSPS) is 11.4. The highest BCUT2D eigenvalue weighted by molar-refractivity contribution is 6.10. The Hall–Kier alpha value is -7.68. The molecular weight excluding hydrogens is 701 g/mol. The molecular formula is C56H38N2. The Morgan fingerprint density at radius 3 is 1.57 bits per heavy atom. The zero-order valence-corrected chi connectivity index (χ0v) is 31.8. The van der Waals surface area contributed by atoms with Gasteiger partial charge in [0, 0.05) is 33.1 Å². The van der Waals surface area contributed by atoms with Crippen molar-refractivity contribution in [2.75, 3.05) is 4.90 Å². The number of anilines is 3. The minimum absolute atomic E-state index is 1.10. The molecule has 272 valence electrons. The first kappa shape index (κ1) is 33.6. The Kier molecular flexibility index (Phi) is 8.19. The molecule has 11 rings (SSSR count). The lowest BCUT2D eigenvalue weighted by Crippen LogP contribution is -2.12. The van der Waals surface area contributed by atoms with Crippen molar-refractivity contribution in [3.05, 3.63) is 231 Å². The van der Waals surface area contributed by atoms with E-state index in [4.69, 9.17) is 0 Å². The van der Waals surface area contributed by atoms with Gasteiger partial charge in [-0.05, 0) is 98.6 Å². The van der Waals surface area contributed by atoms with Crippen LogP contribution in [-0.2, 0) is 0 Å². The van der Waals surface area contributed by atoms with E-state index in [0.29, 0.717) is 0 Å². The molecule has 0 aliphatic carbocycles. The number of hydrogen-bond donors (Lipinski definition) is 0. The first-order valence-electron chi connectivity index (χ1n) is 19.9. The van der Waals surface area contributed by atoms with E-state index >= 15 is 0 Å². The Morgan fingerprint density at radius 1 is 0.293 bits per heavy atom. The molecule has 0 fully saturated rings. The fraction of sp³-hybridized carbons (Fsp3) is 0. The summed E-state index contributed by atoms with van der Waals surface area (Å²) >= 11 is 0. The minimum atomic E-state index is 1.10. The van der Waals surface area contributed by atoms with Crippen LogP contribution in [0, 0.1) is 0 Å². The van der Waals surface area contributed by atoms with E-state index in [1.807, 2.05) is 0 Å². The highest BCUT2D eigenvalue weighted by atomic mass is 15.1. The van der Waals surface area contributed by atoms with Crippen LogP contribution in [0.2, 0.25) is 0 Å². The Labute approximate surface area is 338 Å². The monoisotopic (exact) mass is 738 g/mol. The van der Waals surface area contributed by atoms with Crippen molar-refractivity contribution in [1.29, 1.82) is 0 Å². The molecule has 2 heteroatoms. The van der Waals surface area contributed by atoms with Crippen molar-refractivity contribution in [3.63, 3.8) is 0 Å². The van der Waals surface area contributed by atoms with Gasteiger partial charge in [-0.2, -0.15) is 0 Å². The van der Waals surface area contributed by atoms with Crippen LogP contribution in [-0.4, -0.2) is 4.57 Å². The van der Waals surface area contributed by atoms with Gasteiger partial charge in [0.2, 0.25) is 0 Å². The number of rotatable bonds is 7. The van der Waals surface area contributed by atoms with Gasteiger partial charge in [0.15, 0.2) is 0 Å². The summed E-state index contributed by atoms with van der Waals surface area (Å²) in [7, 11) is 0. The summed E-state index contributed by atoms with van der Waals surface area (Å²) in [6.45, 7) is 0. The third-order valence-corrected chi connectivity index (χ3v) is 11.6. The number of para-hydroxylation sites is 3. The van der Waals surface area contributed by atoms with Crippen molar-refractivity contribution in [1.82, 2.24) is 4.57 Å². The molecule has 0 amide bonds. The molecule has 0 saturated heterocycles. The Morgan fingerprint density at radius 2 is 0.845 bits per heavy atom. The molecule has 0 aliphatic heterocycles. The van der Waals surface area contributed by atoms with Crippen LogP contribution < -0.4 is 4.90 Å². The third-order valence-electron chi connectivity index (χ3n) is 11.6. The molecule has 0 spiro atoms. The molecule has 0 aliphatic rings. The molecule has 58 heavy (non-hydrogen) atoms. The van der Waals surface area contributed by atoms with Crippen LogP contribution in [0.5, 0.6) is 0 Å². The maximum absolute atomic E-state index is 2.43. The van der Waals surface area contributed by atoms with Gasteiger partial charge >= 0.3 is 0 Å². The molecule has 0 unspecified atom stereocenters. The maximum Gasteiger partial charge on any atom is 0.0541 e. The number of benzene rings is 10. The van der Waals surface area contributed by atoms with Gasteiger partial charge in [0.1, 0.15) is 0 Å². The van der Waals surface area contributed by atoms with Gasteiger partial charge in [-0.25, -0.2) is 0 Å². The van der Waals surface area contributed by atoms with Crippen molar-refractivity contribution < 1.29 is 0 Å². The highest BCUT2D eigenvalue weighted by Gasteiger charge is 2.21. The molecule has 10 aromatic carbocycles. The van der Waals surface area contributed by atoms with Gasteiger partial charge in [-0.15, -0.1) is 0 Å². The van der Waals surface area contributed by atoms with E-state index in [-0.39, 0.29) is 0 Å². The van der Waals surface area contributed by atoms with Crippen LogP contribution in [0.3, 0.4) is 0 Å². The maximum atomic E-state index is 2.43. The fourth-order valence-corrected chi connectivity index (χ4v) is 8.83. The molecule has 11 aromatic rings. The number of aromatic nitrogens is 1. The summed E-state index contributed by atoms with van der Waals surface area (Å²) in [4.78, 5) is 2.43. The van der Waals surface area contributed by atoms with E-state index < -0.39 is 0 Å². The third kappa shape index (κ3) is 5.74. The first-order valence-corrected chi connectivity index (χ1v) is 19.9. The van der Waals surface area contributed by atoms with Crippen molar-refractivity contribution in [2.24, 2.45) is 0 Å². The van der Waals surface area contributed by atoms with Crippen molar-refractivity contribution >= 4 is 60.4 Å². The molecule has 2 nitrogen and oxygen atoms in total. The smallest absolute Gasteiger partial charge is 0.0541 e. The summed E-state index contributed by atoms with van der Waals surface area (Å²) in [6.07, 6.45) is 0. The van der Waals surface area contributed by atoms with E-state index in [1.165, 1.54) is 76.7 Å². The lowest BCUT2D eigenvalue weighted by atomic mass is 9.94. The summed E-state index contributed by atoms with van der Waals surface area (Å²) in [5.74, 6) is 0. The number of fused-ring (bicyclic) bond motifs is 5. The number of nitrogens with zero attached hydrogens (tertiary/aromatic N) is 2. The topological polar surface area (TPSA) is 8.17 Å². The second-order valence-electron chi connectivity index (χ2n) is 14.9. The SMILES string of the molecule is c1ccc(-c2ccccc2N(c2ccc(-c3ccc(-n4c5ccccc5c5ccccc54)cc3)cc2)c2ccc(-c3ccc4ccccc4c3)c3ccccc23)cc1. The quantitative estimate of drug-likeness (QED) is 0.158. The van der Waals surface area contributed by atoms with Crippen LogP contribution in [0.15, 0.2) is 231 Å². The average molecular weight is 739 g/mol. The fourth-order valence-electron chi connectivity index (χ4n) is 8.83. The molecule has 0 atom stereocenters.